The Morgan fingerprint density at radius 2 is 1.61 bits per heavy atom. The molecule has 0 unspecified atom stereocenters. The van der Waals surface area contributed by atoms with Crippen molar-refractivity contribution in [1.82, 2.24) is 14.2 Å². The number of anilines is 1. The Kier molecular flexibility index (Phi) is 6.45. The molecule has 1 amide bonds. The van der Waals surface area contributed by atoms with Crippen LogP contribution in [0.3, 0.4) is 0 Å². The maximum Gasteiger partial charge on any atom is 0.253 e. The molecule has 0 radical (unpaired) electrons. The molecule has 38 heavy (non-hydrogen) atoms. The number of carbonyl (C=O) groups is 1. The Bertz CT molecular complexity index is 1620. The minimum absolute atomic E-state index is 0.0729. The van der Waals surface area contributed by atoms with E-state index in [0.29, 0.717) is 51.3 Å². The number of fused-ring (bicyclic) bond motifs is 2. The van der Waals surface area contributed by atoms with Crippen LogP contribution in [0.2, 0.25) is 0 Å². The monoisotopic (exact) mass is 546 g/mol. The molecule has 2 aliphatic heterocycles. The number of piperazine rings is 1. The zero-order valence-corrected chi connectivity index (χ0v) is 23.2. The first kappa shape index (κ1) is 25.0. The van der Waals surface area contributed by atoms with E-state index in [0.717, 1.165) is 16.2 Å². The maximum absolute atomic E-state index is 13.3. The Morgan fingerprint density at radius 1 is 0.895 bits per heavy atom. The normalized spacial score (nSPS) is 16.6. The van der Waals surface area contributed by atoms with Crippen molar-refractivity contribution in [2.45, 2.75) is 31.7 Å². The number of rotatable bonds is 4. The molecule has 2 aliphatic rings. The smallest absolute Gasteiger partial charge is 0.253 e. The van der Waals surface area contributed by atoms with E-state index < -0.39 is 10.0 Å². The average molecular weight is 547 g/mol. The van der Waals surface area contributed by atoms with Crippen LogP contribution in [0.1, 0.15) is 32.6 Å². The third-order valence-corrected chi connectivity index (χ3v) is 10.6. The number of aryl methyl sites for hydroxylation is 2. The van der Waals surface area contributed by atoms with Gasteiger partial charge in [-0.1, -0.05) is 41.7 Å². The first-order valence-corrected chi connectivity index (χ1v) is 15.1. The predicted octanol–water partition coefficient (Wildman–Crippen LogP) is 4.62. The molecule has 7 nitrogen and oxygen atoms in total. The van der Waals surface area contributed by atoms with Crippen molar-refractivity contribution >= 4 is 42.6 Å². The fraction of sp³-hybridized carbons (Fsp3) is 0.310. The van der Waals surface area contributed by atoms with Gasteiger partial charge in [0.05, 0.1) is 15.1 Å². The first-order valence-electron chi connectivity index (χ1n) is 12.9. The van der Waals surface area contributed by atoms with Gasteiger partial charge in [0.25, 0.3) is 5.91 Å². The van der Waals surface area contributed by atoms with Gasteiger partial charge in [0.2, 0.25) is 10.0 Å². The third-order valence-electron chi connectivity index (χ3n) is 7.48. The molecule has 0 saturated carbocycles. The number of amides is 1. The molecule has 1 aromatic heterocycles. The number of sulfonamides is 1. The average Bonchev–Trinajstić information content (AvgIpc) is 3.37. The van der Waals surface area contributed by atoms with Crippen LogP contribution < -0.4 is 4.90 Å². The Balaban J connectivity index is 1.11. The van der Waals surface area contributed by atoms with Crippen LogP contribution in [0.15, 0.2) is 65.6 Å². The number of hydrogen-bond acceptors (Lipinski definition) is 6. The zero-order valence-electron chi connectivity index (χ0n) is 21.6. The summed E-state index contributed by atoms with van der Waals surface area (Å²) >= 11 is 1.71. The summed E-state index contributed by atoms with van der Waals surface area (Å²) in [4.78, 5) is 22.4. The second-order valence-electron chi connectivity index (χ2n) is 10.1. The van der Waals surface area contributed by atoms with Crippen LogP contribution in [0.4, 0.5) is 5.13 Å². The minimum atomic E-state index is -3.63. The lowest BCUT2D eigenvalue weighted by atomic mass is 10.0. The molecule has 3 heterocycles. The van der Waals surface area contributed by atoms with Crippen molar-refractivity contribution in [2.75, 3.05) is 37.6 Å². The van der Waals surface area contributed by atoms with E-state index >= 15 is 0 Å². The number of thiazole rings is 1. The topological polar surface area (TPSA) is 73.8 Å². The SMILES string of the molecule is Cc1cc(C)c2sc(N3CCN(C(=O)c4ccc(S(=O)(=O)N5CCc6ccccc6C5)cc4)CC3)nc2c1. The molecule has 0 aliphatic carbocycles. The van der Waals surface area contributed by atoms with Crippen LogP contribution in [0.5, 0.6) is 0 Å². The van der Waals surface area contributed by atoms with Crippen molar-refractivity contribution in [1.29, 1.82) is 0 Å². The summed E-state index contributed by atoms with van der Waals surface area (Å²) in [6.07, 6.45) is 0.703. The largest absolute Gasteiger partial charge is 0.345 e. The van der Waals surface area contributed by atoms with E-state index in [1.54, 1.807) is 35.6 Å². The Hall–Kier alpha value is -3.27. The lowest BCUT2D eigenvalue weighted by molar-refractivity contribution is 0.0746. The van der Waals surface area contributed by atoms with E-state index in [4.69, 9.17) is 4.98 Å². The second-order valence-corrected chi connectivity index (χ2v) is 13.0. The molecular weight excluding hydrogens is 516 g/mol. The molecule has 9 heteroatoms. The molecule has 3 aromatic carbocycles. The fourth-order valence-electron chi connectivity index (χ4n) is 5.38. The van der Waals surface area contributed by atoms with Crippen LogP contribution in [-0.4, -0.2) is 61.2 Å². The quantitative estimate of drug-likeness (QED) is 0.373. The predicted molar refractivity (Wildman–Crippen MR) is 151 cm³/mol. The van der Waals surface area contributed by atoms with Crippen LogP contribution in [0.25, 0.3) is 10.2 Å². The maximum atomic E-state index is 13.3. The molecule has 0 bridgehead atoms. The summed E-state index contributed by atoms with van der Waals surface area (Å²) in [5.74, 6) is -0.0729. The highest BCUT2D eigenvalue weighted by atomic mass is 32.2. The Labute approximate surface area is 227 Å². The lowest BCUT2D eigenvalue weighted by Gasteiger charge is -2.34. The van der Waals surface area contributed by atoms with Crippen LogP contribution >= 0.6 is 11.3 Å². The van der Waals surface area contributed by atoms with E-state index in [1.807, 2.05) is 23.1 Å². The van der Waals surface area contributed by atoms with Gasteiger partial charge in [-0.25, -0.2) is 13.4 Å². The second kappa shape index (κ2) is 9.80. The molecule has 0 atom stereocenters. The third kappa shape index (κ3) is 4.59. The van der Waals surface area contributed by atoms with E-state index in [9.17, 15) is 13.2 Å². The highest BCUT2D eigenvalue weighted by molar-refractivity contribution is 7.89. The van der Waals surface area contributed by atoms with E-state index in [1.165, 1.54) is 25.7 Å². The van der Waals surface area contributed by atoms with Gasteiger partial charge in [0, 0.05) is 44.8 Å². The van der Waals surface area contributed by atoms with Crippen LogP contribution in [-0.2, 0) is 23.0 Å². The number of benzene rings is 3. The summed E-state index contributed by atoms with van der Waals surface area (Å²) < 4.78 is 29.3. The molecule has 0 spiro atoms. The molecule has 0 N–H and O–H groups in total. The highest BCUT2D eigenvalue weighted by Crippen LogP contribution is 2.32. The number of carbonyl (C=O) groups excluding carboxylic acids is 1. The molecule has 1 fully saturated rings. The Morgan fingerprint density at radius 3 is 2.34 bits per heavy atom. The number of nitrogens with zero attached hydrogens (tertiary/aromatic N) is 4. The molecule has 6 rings (SSSR count). The highest BCUT2D eigenvalue weighted by Gasteiger charge is 2.29. The van der Waals surface area contributed by atoms with E-state index in [2.05, 4.69) is 36.9 Å². The van der Waals surface area contributed by atoms with Crippen molar-refractivity contribution in [2.24, 2.45) is 0 Å². The van der Waals surface area contributed by atoms with Crippen molar-refractivity contribution < 1.29 is 13.2 Å². The minimum Gasteiger partial charge on any atom is -0.345 e. The summed E-state index contributed by atoms with van der Waals surface area (Å²) in [6.45, 7) is 7.66. The lowest BCUT2D eigenvalue weighted by Crippen LogP contribution is -2.48. The summed E-state index contributed by atoms with van der Waals surface area (Å²) in [5, 5.41) is 0.996. The van der Waals surface area contributed by atoms with Gasteiger partial charge in [-0.05, 0) is 72.9 Å². The summed E-state index contributed by atoms with van der Waals surface area (Å²) in [5.41, 5.74) is 6.24. The van der Waals surface area contributed by atoms with Gasteiger partial charge in [0.15, 0.2) is 5.13 Å². The van der Waals surface area contributed by atoms with Gasteiger partial charge in [0.1, 0.15) is 0 Å². The van der Waals surface area contributed by atoms with Gasteiger partial charge < -0.3 is 9.80 Å². The van der Waals surface area contributed by atoms with Gasteiger partial charge >= 0.3 is 0 Å². The molecule has 1 saturated heterocycles. The van der Waals surface area contributed by atoms with Crippen molar-refractivity contribution in [3.05, 3.63) is 88.5 Å². The summed E-state index contributed by atoms with van der Waals surface area (Å²) in [6, 6.07) is 18.7. The number of hydrogen-bond donors (Lipinski definition) is 0. The molecule has 196 valence electrons. The fourth-order valence-corrected chi connectivity index (χ4v) is 7.86. The van der Waals surface area contributed by atoms with Crippen LogP contribution in [0, 0.1) is 13.8 Å². The van der Waals surface area contributed by atoms with Crippen molar-refractivity contribution in [3.8, 4) is 0 Å². The first-order chi connectivity index (χ1) is 18.3. The van der Waals surface area contributed by atoms with Crippen molar-refractivity contribution in [3.63, 3.8) is 0 Å². The molecular formula is C29H30N4O3S2. The molecule has 4 aromatic rings. The van der Waals surface area contributed by atoms with E-state index in [-0.39, 0.29) is 10.8 Å². The standard InChI is InChI=1S/C29H30N4O3S2/c1-20-17-21(2)27-26(18-20)30-29(37-27)32-15-13-31(14-16-32)28(34)23-7-9-25(10-8-23)38(35,36)33-12-11-22-5-3-4-6-24(22)19-33/h3-10,17-18H,11-16,19H2,1-2H3. The summed E-state index contributed by atoms with van der Waals surface area (Å²) in [7, 11) is -3.63. The van der Waals surface area contributed by atoms with Gasteiger partial charge in [-0.2, -0.15) is 4.31 Å². The number of aromatic nitrogens is 1. The zero-order chi connectivity index (χ0) is 26.4. The van der Waals surface area contributed by atoms with Gasteiger partial charge in [-0.3, -0.25) is 4.79 Å². The van der Waals surface area contributed by atoms with Gasteiger partial charge in [-0.15, -0.1) is 0 Å².